The van der Waals surface area contributed by atoms with E-state index >= 15 is 0 Å². The number of hydrogen-bond acceptors (Lipinski definition) is 4. The van der Waals surface area contributed by atoms with Crippen LogP contribution in [-0.4, -0.2) is 85.0 Å². The summed E-state index contributed by atoms with van der Waals surface area (Å²) in [4.78, 5) is 30.9. The Balaban J connectivity index is 1.62. The van der Waals surface area contributed by atoms with Crippen LogP contribution in [0.4, 0.5) is 0 Å². The molecular formula is C17H29N3O3. The Labute approximate surface area is 138 Å². The number of likely N-dealkylation sites (tertiary alicyclic amines) is 2. The van der Waals surface area contributed by atoms with E-state index in [0.717, 1.165) is 32.6 Å². The number of hydrogen-bond donors (Lipinski definition) is 0. The summed E-state index contributed by atoms with van der Waals surface area (Å²) in [7, 11) is 0. The molecule has 2 amide bonds. The summed E-state index contributed by atoms with van der Waals surface area (Å²) < 4.78 is 5.65. The number of nitrogens with zero attached hydrogens (tertiary/aromatic N) is 3. The molecule has 0 saturated carbocycles. The van der Waals surface area contributed by atoms with Gasteiger partial charge in [0, 0.05) is 31.1 Å². The van der Waals surface area contributed by atoms with Crippen LogP contribution in [0.3, 0.4) is 0 Å². The van der Waals surface area contributed by atoms with Crippen LogP contribution in [0.2, 0.25) is 0 Å². The second-order valence-electron chi connectivity index (χ2n) is 7.66. The van der Waals surface area contributed by atoms with E-state index in [1.54, 1.807) is 0 Å². The average Bonchev–Trinajstić information content (AvgIpc) is 3.11. The van der Waals surface area contributed by atoms with Gasteiger partial charge in [-0.3, -0.25) is 14.5 Å². The highest BCUT2D eigenvalue weighted by molar-refractivity contribution is 5.79. The fourth-order valence-electron chi connectivity index (χ4n) is 4.03. The number of amides is 2. The summed E-state index contributed by atoms with van der Waals surface area (Å²) in [5.41, 5.74) is -0.0862. The summed E-state index contributed by atoms with van der Waals surface area (Å²) in [6, 6.07) is 0.176. The molecular weight excluding hydrogens is 294 g/mol. The largest absolute Gasteiger partial charge is 0.371 e. The number of carbonyl (C=O) groups excluding carboxylic acids is 2. The first-order chi connectivity index (χ1) is 11.0. The summed E-state index contributed by atoms with van der Waals surface area (Å²) in [6.07, 6.45) is 3.34. The number of ether oxygens (including phenoxy) is 1. The molecule has 0 N–H and O–H groups in total. The van der Waals surface area contributed by atoms with Crippen molar-refractivity contribution in [1.29, 1.82) is 0 Å². The molecule has 23 heavy (non-hydrogen) atoms. The van der Waals surface area contributed by atoms with E-state index in [9.17, 15) is 9.59 Å². The van der Waals surface area contributed by atoms with Crippen LogP contribution in [-0.2, 0) is 14.3 Å². The fraction of sp³-hybridized carbons (Fsp3) is 0.882. The van der Waals surface area contributed by atoms with Crippen LogP contribution < -0.4 is 0 Å². The molecule has 1 spiro atoms. The van der Waals surface area contributed by atoms with Gasteiger partial charge in [-0.2, -0.15) is 0 Å². The Morgan fingerprint density at radius 3 is 2.65 bits per heavy atom. The van der Waals surface area contributed by atoms with E-state index in [1.807, 2.05) is 23.6 Å². The number of rotatable bonds is 3. The van der Waals surface area contributed by atoms with Crippen molar-refractivity contribution in [1.82, 2.24) is 14.7 Å². The zero-order valence-electron chi connectivity index (χ0n) is 14.4. The van der Waals surface area contributed by atoms with Crippen LogP contribution >= 0.6 is 0 Å². The lowest BCUT2D eigenvalue weighted by atomic mass is 9.87. The molecule has 0 aromatic carbocycles. The minimum atomic E-state index is -0.0862. The maximum Gasteiger partial charge on any atom is 0.248 e. The predicted octanol–water partition coefficient (Wildman–Crippen LogP) is 0.568. The van der Waals surface area contributed by atoms with Gasteiger partial charge in [-0.05, 0) is 46.2 Å². The van der Waals surface area contributed by atoms with Crippen molar-refractivity contribution in [2.24, 2.45) is 5.41 Å². The smallest absolute Gasteiger partial charge is 0.248 e. The van der Waals surface area contributed by atoms with Crippen molar-refractivity contribution in [2.75, 3.05) is 52.5 Å². The van der Waals surface area contributed by atoms with E-state index in [-0.39, 0.29) is 29.9 Å². The van der Waals surface area contributed by atoms with Crippen molar-refractivity contribution in [3.05, 3.63) is 0 Å². The first-order valence-corrected chi connectivity index (χ1v) is 8.86. The van der Waals surface area contributed by atoms with Crippen molar-refractivity contribution < 1.29 is 14.3 Å². The van der Waals surface area contributed by atoms with Crippen molar-refractivity contribution >= 4 is 11.8 Å². The second kappa shape index (κ2) is 6.77. The lowest BCUT2D eigenvalue weighted by Gasteiger charge is -2.34. The van der Waals surface area contributed by atoms with E-state index in [2.05, 4.69) is 4.90 Å². The SMILES string of the molecule is CC(C)N1CC2(CCN(C(=O)CN3CCCC3)C2)COCC1=O. The zero-order chi connectivity index (χ0) is 16.4. The highest BCUT2D eigenvalue weighted by Crippen LogP contribution is 2.34. The minimum absolute atomic E-state index is 0.0683. The third-order valence-electron chi connectivity index (χ3n) is 5.43. The molecule has 3 rings (SSSR count). The van der Waals surface area contributed by atoms with Crippen LogP contribution in [0, 0.1) is 5.41 Å². The molecule has 0 aromatic rings. The standard InChI is InChI=1S/C17H29N3O3/c1-14(2)20-12-17(13-23-10-16(20)22)5-8-19(11-17)15(21)9-18-6-3-4-7-18/h14H,3-13H2,1-2H3. The molecule has 3 saturated heterocycles. The first-order valence-electron chi connectivity index (χ1n) is 8.86. The first kappa shape index (κ1) is 16.7. The maximum absolute atomic E-state index is 12.6. The van der Waals surface area contributed by atoms with Gasteiger partial charge >= 0.3 is 0 Å². The van der Waals surface area contributed by atoms with E-state index in [0.29, 0.717) is 19.7 Å². The molecule has 3 heterocycles. The molecule has 1 atom stereocenters. The second-order valence-corrected chi connectivity index (χ2v) is 7.66. The maximum atomic E-state index is 12.6. The molecule has 1 unspecified atom stereocenters. The van der Waals surface area contributed by atoms with Crippen molar-refractivity contribution in [3.63, 3.8) is 0 Å². The Kier molecular flexibility index (Phi) is 4.92. The van der Waals surface area contributed by atoms with Gasteiger partial charge in [-0.25, -0.2) is 0 Å². The van der Waals surface area contributed by atoms with Crippen LogP contribution in [0.25, 0.3) is 0 Å². The summed E-state index contributed by atoms with van der Waals surface area (Å²) in [5, 5.41) is 0. The molecule has 3 fully saturated rings. The minimum Gasteiger partial charge on any atom is -0.371 e. The van der Waals surface area contributed by atoms with Gasteiger partial charge in [-0.15, -0.1) is 0 Å². The topological polar surface area (TPSA) is 53.1 Å². The monoisotopic (exact) mass is 323 g/mol. The van der Waals surface area contributed by atoms with Crippen LogP contribution in [0.15, 0.2) is 0 Å². The van der Waals surface area contributed by atoms with E-state index in [4.69, 9.17) is 4.74 Å². The van der Waals surface area contributed by atoms with Crippen LogP contribution in [0.5, 0.6) is 0 Å². The molecule has 0 aromatic heterocycles. The molecule has 130 valence electrons. The molecule has 3 aliphatic heterocycles. The fourth-order valence-corrected chi connectivity index (χ4v) is 4.03. The van der Waals surface area contributed by atoms with Gasteiger partial charge in [0.05, 0.1) is 13.2 Å². The molecule has 0 bridgehead atoms. The third-order valence-corrected chi connectivity index (χ3v) is 5.43. The third kappa shape index (κ3) is 3.69. The molecule has 0 aliphatic carbocycles. The molecule has 6 heteroatoms. The van der Waals surface area contributed by atoms with E-state index in [1.165, 1.54) is 12.8 Å². The highest BCUT2D eigenvalue weighted by Gasteiger charge is 2.44. The highest BCUT2D eigenvalue weighted by atomic mass is 16.5. The van der Waals surface area contributed by atoms with Gasteiger partial charge in [0.25, 0.3) is 0 Å². The van der Waals surface area contributed by atoms with Crippen LogP contribution in [0.1, 0.15) is 33.1 Å². The van der Waals surface area contributed by atoms with E-state index < -0.39 is 0 Å². The molecule has 0 radical (unpaired) electrons. The lowest BCUT2D eigenvalue weighted by Crippen LogP contribution is -2.46. The van der Waals surface area contributed by atoms with Crippen molar-refractivity contribution in [3.8, 4) is 0 Å². The predicted molar refractivity (Wildman–Crippen MR) is 87.0 cm³/mol. The Morgan fingerprint density at radius 1 is 1.22 bits per heavy atom. The lowest BCUT2D eigenvalue weighted by molar-refractivity contribution is -0.135. The zero-order valence-corrected chi connectivity index (χ0v) is 14.4. The summed E-state index contributed by atoms with van der Waals surface area (Å²) in [6.45, 7) is 9.68. The normalized spacial score (nSPS) is 29.8. The Hall–Kier alpha value is -1.14. The van der Waals surface area contributed by atoms with Gasteiger partial charge in [0.15, 0.2) is 0 Å². The van der Waals surface area contributed by atoms with Crippen molar-refractivity contribution in [2.45, 2.75) is 39.2 Å². The van der Waals surface area contributed by atoms with Gasteiger partial charge in [0.2, 0.25) is 11.8 Å². The molecule has 6 nitrogen and oxygen atoms in total. The summed E-state index contributed by atoms with van der Waals surface area (Å²) >= 11 is 0. The number of carbonyl (C=O) groups is 2. The Morgan fingerprint density at radius 2 is 1.96 bits per heavy atom. The van der Waals surface area contributed by atoms with Gasteiger partial charge in [0.1, 0.15) is 6.61 Å². The Bertz CT molecular complexity index is 462. The van der Waals surface area contributed by atoms with Gasteiger partial charge in [-0.1, -0.05) is 0 Å². The quantitative estimate of drug-likeness (QED) is 0.762. The molecule has 3 aliphatic rings. The summed E-state index contributed by atoms with van der Waals surface area (Å²) in [5.74, 6) is 0.300. The average molecular weight is 323 g/mol. The van der Waals surface area contributed by atoms with Gasteiger partial charge < -0.3 is 14.5 Å².